The number of carbonyl (C=O) groups is 1. The summed E-state index contributed by atoms with van der Waals surface area (Å²) in [4.78, 5) is 21.4. The summed E-state index contributed by atoms with van der Waals surface area (Å²) in [5.41, 5.74) is 5.63. The lowest BCUT2D eigenvalue weighted by molar-refractivity contribution is -0.138. The molecular weight excluding hydrogens is 456 g/mol. The van der Waals surface area contributed by atoms with E-state index in [4.69, 9.17) is 4.74 Å². The Balaban J connectivity index is 1.77. The van der Waals surface area contributed by atoms with E-state index in [-0.39, 0.29) is 4.75 Å². The highest BCUT2D eigenvalue weighted by molar-refractivity contribution is 8.00. The SMILES string of the molecule is Cc1ccc(COc2ccc3[nH]c(C(Cc4ccccc4)C(=O)O)c(SC(C)(C)C)c3c2C)nc1. The van der Waals surface area contributed by atoms with E-state index in [0.29, 0.717) is 13.0 Å². The molecule has 4 rings (SSSR count). The van der Waals surface area contributed by atoms with Gasteiger partial charge in [0.25, 0.3) is 0 Å². The van der Waals surface area contributed by atoms with Gasteiger partial charge in [0.05, 0.1) is 5.69 Å². The Labute approximate surface area is 210 Å². The van der Waals surface area contributed by atoms with Gasteiger partial charge < -0.3 is 14.8 Å². The first-order valence-electron chi connectivity index (χ1n) is 11.8. The topological polar surface area (TPSA) is 75.2 Å². The molecule has 2 N–H and O–H groups in total. The number of carboxylic acids is 1. The molecule has 0 radical (unpaired) electrons. The zero-order valence-electron chi connectivity index (χ0n) is 20.9. The first-order chi connectivity index (χ1) is 16.6. The van der Waals surface area contributed by atoms with E-state index in [1.807, 2.05) is 74.6 Å². The molecule has 0 aliphatic carbocycles. The van der Waals surface area contributed by atoms with E-state index < -0.39 is 11.9 Å². The molecule has 1 atom stereocenters. The summed E-state index contributed by atoms with van der Waals surface area (Å²) in [5, 5.41) is 11.3. The number of thioether (sulfide) groups is 1. The number of benzene rings is 2. The summed E-state index contributed by atoms with van der Waals surface area (Å²) in [5.74, 6) is -0.748. The number of hydrogen-bond donors (Lipinski definition) is 2. The fraction of sp³-hybridized carbons (Fsp3) is 0.310. The van der Waals surface area contributed by atoms with Gasteiger partial charge in [-0.15, -0.1) is 11.8 Å². The Morgan fingerprint density at radius 3 is 2.46 bits per heavy atom. The summed E-state index contributed by atoms with van der Waals surface area (Å²) in [6.07, 6.45) is 2.26. The van der Waals surface area contributed by atoms with Gasteiger partial charge in [0.2, 0.25) is 0 Å². The van der Waals surface area contributed by atoms with E-state index in [1.54, 1.807) is 11.8 Å². The van der Waals surface area contributed by atoms with Gasteiger partial charge in [-0.3, -0.25) is 9.78 Å². The van der Waals surface area contributed by atoms with Crippen LogP contribution >= 0.6 is 11.8 Å². The predicted molar refractivity (Wildman–Crippen MR) is 142 cm³/mol. The van der Waals surface area contributed by atoms with Crippen molar-refractivity contribution in [3.05, 3.63) is 88.9 Å². The van der Waals surface area contributed by atoms with E-state index in [0.717, 1.165) is 49.6 Å². The van der Waals surface area contributed by atoms with Crippen molar-refractivity contribution in [1.82, 2.24) is 9.97 Å². The molecule has 35 heavy (non-hydrogen) atoms. The highest BCUT2D eigenvalue weighted by Gasteiger charge is 2.30. The van der Waals surface area contributed by atoms with Crippen molar-refractivity contribution in [3.63, 3.8) is 0 Å². The zero-order chi connectivity index (χ0) is 25.2. The van der Waals surface area contributed by atoms with Crippen LogP contribution in [0.3, 0.4) is 0 Å². The predicted octanol–water partition coefficient (Wildman–Crippen LogP) is 7.06. The minimum atomic E-state index is -0.837. The Morgan fingerprint density at radius 2 is 1.83 bits per heavy atom. The third-order valence-corrected chi connectivity index (χ3v) is 7.08. The van der Waals surface area contributed by atoms with Gasteiger partial charge >= 0.3 is 5.97 Å². The number of nitrogens with one attached hydrogen (secondary N) is 1. The van der Waals surface area contributed by atoms with Gasteiger partial charge in [0.15, 0.2) is 0 Å². The number of ether oxygens (including phenoxy) is 1. The van der Waals surface area contributed by atoms with Crippen LogP contribution in [0.25, 0.3) is 10.9 Å². The molecule has 4 aromatic rings. The molecule has 6 heteroatoms. The molecule has 0 bridgehead atoms. The molecule has 0 fully saturated rings. The Morgan fingerprint density at radius 1 is 1.09 bits per heavy atom. The fourth-order valence-corrected chi connectivity index (χ4v) is 5.42. The smallest absolute Gasteiger partial charge is 0.312 e. The number of aliphatic carboxylic acids is 1. The molecule has 0 saturated heterocycles. The van der Waals surface area contributed by atoms with Crippen LogP contribution in [-0.4, -0.2) is 25.8 Å². The summed E-state index contributed by atoms with van der Waals surface area (Å²) in [6, 6.07) is 17.7. The zero-order valence-corrected chi connectivity index (χ0v) is 21.7. The van der Waals surface area contributed by atoms with Crippen molar-refractivity contribution in [3.8, 4) is 5.75 Å². The molecule has 182 valence electrons. The van der Waals surface area contributed by atoms with E-state index in [2.05, 4.69) is 30.7 Å². The van der Waals surface area contributed by atoms with Crippen molar-refractivity contribution in [2.75, 3.05) is 0 Å². The second-order valence-corrected chi connectivity index (χ2v) is 11.7. The van der Waals surface area contributed by atoms with Crippen LogP contribution in [0.2, 0.25) is 0 Å². The van der Waals surface area contributed by atoms with Crippen molar-refractivity contribution >= 4 is 28.6 Å². The second-order valence-electron chi connectivity index (χ2n) is 9.89. The van der Waals surface area contributed by atoms with Crippen LogP contribution in [0, 0.1) is 13.8 Å². The van der Waals surface area contributed by atoms with Gasteiger partial charge in [0.1, 0.15) is 18.3 Å². The first-order valence-corrected chi connectivity index (χ1v) is 12.6. The largest absolute Gasteiger partial charge is 0.487 e. The number of carboxylic acid groups (broad SMARTS) is 1. The number of H-pyrrole nitrogens is 1. The molecule has 2 aromatic carbocycles. The third kappa shape index (κ3) is 5.88. The molecule has 0 amide bonds. The van der Waals surface area contributed by atoms with Crippen LogP contribution in [0.5, 0.6) is 5.75 Å². The summed E-state index contributed by atoms with van der Waals surface area (Å²) < 4.78 is 6.06. The lowest BCUT2D eigenvalue weighted by Gasteiger charge is -2.21. The summed E-state index contributed by atoms with van der Waals surface area (Å²) >= 11 is 1.70. The highest BCUT2D eigenvalue weighted by Crippen LogP contribution is 2.45. The Bertz CT molecular complexity index is 1320. The van der Waals surface area contributed by atoms with E-state index >= 15 is 0 Å². The Kier molecular flexibility index (Phi) is 7.22. The van der Waals surface area contributed by atoms with Crippen LogP contribution < -0.4 is 4.74 Å². The van der Waals surface area contributed by atoms with Gasteiger partial charge in [-0.25, -0.2) is 0 Å². The molecule has 0 saturated carbocycles. The van der Waals surface area contributed by atoms with Crippen LogP contribution in [0.4, 0.5) is 0 Å². The minimum absolute atomic E-state index is 0.102. The van der Waals surface area contributed by atoms with Gasteiger partial charge in [-0.05, 0) is 49.6 Å². The lowest BCUT2D eigenvalue weighted by atomic mass is 9.96. The molecule has 2 aromatic heterocycles. The number of fused-ring (bicyclic) bond motifs is 1. The van der Waals surface area contributed by atoms with Gasteiger partial charge in [-0.2, -0.15) is 0 Å². The molecule has 0 spiro atoms. The Hall–Kier alpha value is -3.25. The number of hydrogen-bond acceptors (Lipinski definition) is 4. The maximum atomic E-state index is 12.5. The van der Waals surface area contributed by atoms with Crippen molar-refractivity contribution in [1.29, 1.82) is 0 Å². The van der Waals surface area contributed by atoms with Crippen molar-refractivity contribution < 1.29 is 14.6 Å². The van der Waals surface area contributed by atoms with Crippen LogP contribution in [0.15, 0.2) is 65.7 Å². The van der Waals surface area contributed by atoms with Crippen molar-refractivity contribution in [2.24, 2.45) is 0 Å². The van der Waals surface area contributed by atoms with Crippen molar-refractivity contribution in [2.45, 2.75) is 63.2 Å². The second kappa shape index (κ2) is 10.2. The monoisotopic (exact) mass is 488 g/mol. The number of rotatable bonds is 8. The molecule has 1 unspecified atom stereocenters. The van der Waals surface area contributed by atoms with Crippen LogP contribution in [-0.2, 0) is 17.8 Å². The fourth-order valence-electron chi connectivity index (χ4n) is 4.14. The number of pyridine rings is 1. The maximum absolute atomic E-state index is 12.5. The van der Waals surface area contributed by atoms with Gasteiger partial charge in [-0.1, -0.05) is 57.2 Å². The highest BCUT2D eigenvalue weighted by atomic mass is 32.2. The van der Waals surface area contributed by atoms with Crippen LogP contribution in [0.1, 0.15) is 54.8 Å². The minimum Gasteiger partial charge on any atom is -0.487 e. The molecule has 0 aliphatic rings. The van der Waals surface area contributed by atoms with E-state index in [1.165, 1.54) is 0 Å². The average Bonchev–Trinajstić information content (AvgIpc) is 3.15. The number of aromatic amines is 1. The molecular formula is C29H32N2O3S. The number of aromatic nitrogens is 2. The lowest BCUT2D eigenvalue weighted by Crippen LogP contribution is -2.17. The standard InChI is InChI=1S/C29H32N2O3S/c1-18-11-12-21(30-16-18)17-34-24-14-13-23-25(19(24)2)27(35-29(3,4)5)26(31-23)22(28(32)33)15-20-9-7-6-8-10-20/h6-14,16,22,31H,15,17H2,1-5H3,(H,32,33). The maximum Gasteiger partial charge on any atom is 0.312 e. The number of aryl methyl sites for hydroxylation is 2. The third-order valence-electron chi connectivity index (χ3n) is 5.84. The quantitative estimate of drug-likeness (QED) is 0.260. The average molecular weight is 489 g/mol. The summed E-state index contributed by atoms with van der Waals surface area (Å²) in [6.45, 7) is 10.9. The van der Waals surface area contributed by atoms with Gasteiger partial charge in [0, 0.05) is 38.0 Å². The molecule has 5 nitrogen and oxygen atoms in total. The summed E-state index contributed by atoms with van der Waals surface area (Å²) in [7, 11) is 0. The number of nitrogens with zero attached hydrogens (tertiary/aromatic N) is 1. The molecule has 0 aliphatic heterocycles. The first kappa shape index (κ1) is 24.9. The van der Waals surface area contributed by atoms with E-state index in [9.17, 15) is 9.90 Å². The normalized spacial score (nSPS) is 12.6. The molecule has 2 heterocycles.